The Labute approximate surface area is 181 Å². The summed E-state index contributed by atoms with van der Waals surface area (Å²) in [5.74, 6) is -0.824. The molecule has 0 saturated heterocycles. The Morgan fingerprint density at radius 1 is 0.938 bits per heavy atom. The van der Waals surface area contributed by atoms with Gasteiger partial charge in [-0.3, -0.25) is 4.79 Å². The monoisotopic (exact) mass is 454 g/mol. The minimum absolute atomic E-state index is 0.0835. The summed E-state index contributed by atoms with van der Waals surface area (Å²) in [6.45, 7) is 0. The van der Waals surface area contributed by atoms with Crippen molar-refractivity contribution < 1.29 is 31.5 Å². The van der Waals surface area contributed by atoms with E-state index in [1.54, 1.807) is 0 Å². The Kier molecular flexibility index (Phi) is 5.50. The average molecular weight is 454 g/mol. The zero-order valence-corrected chi connectivity index (χ0v) is 17.4. The molecule has 1 aromatic heterocycles. The van der Waals surface area contributed by atoms with Gasteiger partial charge in [-0.15, -0.1) is 0 Å². The molecule has 0 saturated carbocycles. The van der Waals surface area contributed by atoms with E-state index in [0.717, 1.165) is 12.5 Å². The van der Waals surface area contributed by atoms with Crippen LogP contribution in [0.2, 0.25) is 0 Å². The number of fused-ring (bicyclic) bond motifs is 1. The van der Waals surface area contributed by atoms with E-state index in [4.69, 9.17) is 13.9 Å². The van der Waals surface area contributed by atoms with Gasteiger partial charge in [-0.25, -0.2) is 17.6 Å². The number of benzene rings is 3. The van der Waals surface area contributed by atoms with E-state index in [1.807, 2.05) is 0 Å². The van der Waals surface area contributed by atoms with Crippen LogP contribution in [-0.4, -0.2) is 20.6 Å². The van der Waals surface area contributed by atoms with Crippen LogP contribution < -0.4 is 14.9 Å². The Morgan fingerprint density at radius 3 is 2.25 bits per heavy atom. The number of esters is 1. The van der Waals surface area contributed by atoms with Crippen LogP contribution in [0.3, 0.4) is 0 Å². The lowest BCUT2D eigenvalue weighted by Crippen LogP contribution is -2.09. The summed E-state index contributed by atoms with van der Waals surface area (Å²) in [5.41, 5.74) is -0.133. The van der Waals surface area contributed by atoms with E-state index >= 15 is 0 Å². The Balaban J connectivity index is 1.55. The third kappa shape index (κ3) is 4.52. The number of halogens is 1. The standard InChI is InChI=1S/C23H15FO7S/c1-32(27,28)18-9-2-14(3-10-18)23(26)31-17-8-11-19-20(12-17)29-13-21(22(19)25)30-16-6-4-15(24)5-7-16/h2-13H,1H3. The van der Waals surface area contributed by atoms with E-state index in [0.29, 0.717) is 0 Å². The summed E-state index contributed by atoms with van der Waals surface area (Å²) in [7, 11) is -3.38. The first-order valence-electron chi connectivity index (χ1n) is 9.22. The number of sulfone groups is 1. The molecule has 0 spiro atoms. The van der Waals surface area contributed by atoms with Gasteiger partial charge in [0, 0.05) is 12.3 Å². The van der Waals surface area contributed by atoms with E-state index in [1.165, 1.54) is 66.7 Å². The molecule has 32 heavy (non-hydrogen) atoms. The molecule has 4 aromatic rings. The van der Waals surface area contributed by atoms with Crippen molar-refractivity contribution in [2.75, 3.05) is 6.26 Å². The molecule has 9 heteroatoms. The molecule has 0 radical (unpaired) electrons. The molecule has 0 bridgehead atoms. The van der Waals surface area contributed by atoms with Gasteiger partial charge in [-0.1, -0.05) is 0 Å². The highest BCUT2D eigenvalue weighted by Gasteiger charge is 2.14. The van der Waals surface area contributed by atoms with Crippen molar-refractivity contribution >= 4 is 26.8 Å². The van der Waals surface area contributed by atoms with Gasteiger partial charge in [0.15, 0.2) is 9.84 Å². The molecule has 3 aromatic carbocycles. The molecule has 0 atom stereocenters. The van der Waals surface area contributed by atoms with Crippen LogP contribution in [0, 0.1) is 5.82 Å². The molecule has 0 amide bonds. The molecule has 0 aliphatic heterocycles. The van der Waals surface area contributed by atoms with Gasteiger partial charge in [0.1, 0.15) is 29.2 Å². The number of carbonyl (C=O) groups is 1. The fourth-order valence-corrected chi connectivity index (χ4v) is 3.49. The lowest BCUT2D eigenvalue weighted by molar-refractivity contribution is 0.0735. The summed E-state index contributed by atoms with van der Waals surface area (Å²) < 4.78 is 52.3. The van der Waals surface area contributed by atoms with Crippen LogP contribution in [0.4, 0.5) is 4.39 Å². The van der Waals surface area contributed by atoms with Gasteiger partial charge in [-0.2, -0.15) is 0 Å². The van der Waals surface area contributed by atoms with Crippen molar-refractivity contribution in [2.45, 2.75) is 4.90 Å². The molecule has 0 fully saturated rings. The first-order chi connectivity index (χ1) is 15.2. The fourth-order valence-electron chi connectivity index (χ4n) is 2.86. The van der Waals surface area contributed by atoms with Gasteiger partial charge in [0.25, 0.3) is 0 Å². The number of carbonyl (C=O) groups excluding carboxylic acids is 1. The summed E-state index contributed by atoms with van der Waals surface area (Å²) in [6, 6.07) is 14.7. The molecule has 0 unspecified atom stereocenters. The second-order valence-corrected chi connectivity index (χ2v) is 8.84. The summed E-state index contributed by atoms with van der Waals surface area (Å²) >= 11 is 0. The largest absolute Gasteiger partial charge is 0.460 e. The quantitative estimate of drug-likeness (QED) is 0.327. The minimum atomic E-state index is -3.38. The van der Waals surface area contributed by atoms with Crippen molar-refractivity contribution in [3.05, 3.63) is 94.6 Å². The second-order valence-electron chi connectivity index (χ2n) is 6.83. The van der Waals surface area contributed by atoms with Crippen molar-refractivity contribution in [3.8, 4) is 17.2 Å². The maximum atomic E-state index is 13.0. The third-order valence-electron chi connectivity index (χ3n) is 4.48. The van der Waals surface area contributed by atoms with E-state index in [9.17, 15) is 22.4 Å². The predicted molar refractivity (Wildman–Crippen MR) is 113 cm³/mol. The molecule has 0 aliphatic rings. The average Bonchev–Trinajstić information content (AvgIpc) is 2.76. The first-order valence-corrected chi connectivity index (χ1v) is 11.1. The van der Waals surface area contributed by atoms with Gasteiger partial charge in [-0.05, 0) is 60.7 Å². The van der Waals surface area contributed by atoms with Gasteiger partial charge < -0.3 is 13.9 Å². The van der Waals surface area contributed by atoms with E-state index < -0.39 is 27.1 Å². The highest BCUT2D eigenvalue weighted by Crippen LogP contribution is 2.25. The topological polar surface area (TPSA) is 99.9 Å². The maximum absolute atomic E-state index is 13.0. The lowest BCUT2D eigenvalue weighted by Gasteiger charge is -2.08. The number of rotatable bonds is 5. The lowest BCUT2D eigenvalue weighted by atomic mass is 10.2. The molecule has 4 rings (SSSR count). The Bertz CT molecular complexity index is 1470. The number of hydrogen-bond donors (Lipinski definition) is 0. The summed E-state index contributed by atoms with van der Waals surface area (Å²) in [6.07, 6.45) is 2.18. The zero-order valence-electron chi connectivity index (χ0n) is 16.6. The fraction of sp³-hybridized carbons (Fsp3) is 0.0435. The first kappa shape index (κ1) is 21.3. The van der Waals surface area contributed by atoms with Crippen LogP contribution in [-0.2, 0) is 9.84 Å². The van der Waals surface area contributed by atoms with Gasteiger partial charge in [0.2, 0.25) is 11.2 Å². The highest BCUT2D eigenvalue weighted by atomic mass is 32.2. The molecule has 1 heterocycles. The van der Waals surface area contributed by atoms with Gasteiger partial charge in [0.05, 0.1) is 15.8 Å². The van der Waals surface area contributed by atoms with Crippen LogP contribution in [0.1, 0.15) is 10.4 Å². The maximum Gasteiger partial charge on any atom is 0.343 e. The van der Waals surface area contributed by atoms with Crippen molar-refractivity contribution in [3.63, 3.8) is 0 Å². The SMILES string of the molecule is CS(=O)(=O)c1ccc(C(=O)Oc2ccc3c(=O)c(Oc4ccc(F)cc4)coc3c2)cc1. The molecular weight excluding hydrogens is 439 g/mol. The van der Waals surface area contributed by atoms with Crippen molar-refractivity contribution in [1.29, 1.82) is 0 Å². The molecule has 0 aliphatic carbocycles. The van der Waals surface area contributed by atoms with Crippen LogP contribution in [0.5, 0.6) is 17.2 Å². The molecular formula is C23H15FO7S. The van der Waals surface area contributed by atoms with Crippen LogP contribution >= 0.6 is 0 Å². The third-order valence-corrected chi connectivity index (χ3v) is 5.61. The Hall–Kier alpha value is -3.98. The van der Waals surface area contributed by atoms with Gasteiger partial charge >= 0.3 is 5.97 Å². The zero-order chi connectivity index (χ0) is 22.9. The predicted octanol–water partition coefficient (Wildman–Crippen LogP) is 4.35. The van der Waals surface area contributed by atoms with Crippen molar-refractivity contribution in [2.24, 2.45) is 0 Å². The Morgan fingerprint density at radius 2 is 1.59 bits per heavy atom. The second kappa shape index (κ2) is 8.27. The molecule has 7 nitrogen and oxygen atoms in total. The normalized spacial score (nSPS) is 11.3. The highest BCUT2D eigenvalue weighted by molar-refractivity contribution is 7.90. The van der Waals surface area contributed by atoms with E-state index in [2.05, 4.69) is 0 Å². The van der Waals surface area contributed by atoms with Crippen LogP contribution in [0.15, 0.2) is 87.1 Å². The minimum Gasteiger partial charge on any atom is -0.460 e. The summed E-state index contributed by atoms with van der Waals surface area (Å²) in [5, 5.41) is 0.196. The number of ether oxygens (including phenoxy) is 2. The number of hydrogen-bond acceptors (Lipinski definition) is 7. The molecule has 0 N–H and O–H groups in total. The summed E-state index contributed by atoms with van der Waals surface area (Å²) in [4.78, 5) is 25.1. The van der Waals surface area contributed by atoms with Crippen LogP contribution in [0.25, 0.3) is 11.0 Å². The molecule has 162 valence electrons. The van der Waals surface area contributed by atoms with E-state index in [-0.39, 0.29) is 38.7 Å². The van der Waals surface area contributed by atoms with Crippen molar-refractivity contribution in [1.82, 2.24) is 0 Å². The smallest absolute Gasteiger partial charge is 0.343 e.